The molecule has 0 aromatic rings. The molecule has 0 saturated heterocycles. The van der Waals surface area contributed by atoms with Crippen LogP contribution in [0.15, 0.2) is 0 Å². The zero-order chi connectivity index (χ0) is 6.00. The van der Waals surface area contributed by atoms with Crippen LogP contribution >= 0.6 is 0 Å². The van der Waals surface area contributed by atoms with Gasteiger partial charge in [-0.25, -0.2) is 0 Å². The molecule has 0 fully saturated rings. The molecule has 0 radical (unpaired) electrons. The summed E-state index contributed by atoms with van der Waals surface area (Å²) in [5, 5.41) is 0. The molecule has 6 heteroatoms. The van der Waals surface area contributed by atoms with Crippen LogP contribution in [0.25, 0.3) is 0 Å². The van der Waals surface area contributed by atoms with Crippen molar-refractivity contribution in [3.05, 3.63) is 0 Å². The molecule has 6 heavy (non-hydrogen) atoms. The quantitative estimate of drug-likeness (QED) is 0.522. The minimum atomic E-state index is 1.38. The molecule has 0 aliphatic rings. The first-order valence-corrected chi connectivity index (χ1v) is 1.83. The van der Waals surface area contributed by atoms with Crippen molar-refractivity contribution in [2.24, 2.45) is 0 Å². The Morgan fingerprint density at radius 3 is 1.17 bits per heavy atom. The SMILES string of the molecule is [O]=[Cr].[O]=[Cu].[O]=[Mn]. The summed E-state index contributed by atoms with van der Waals surface area (Å²) in [6.45, 7) is 0. The van der Waals surface area contributed by atoms with Crippen LogP contribution < -0.4 is 0 Å². The molecule has 3 nitrogen and oxygen atoms in total. The van der Waals surface area contributed by atoms with E-state index in [0.717, 1.165) is 0 Å². The molecule has 0 spiro atoms. The summed E-state index contributed by atoms with van der Waals surface area (Å²) < 4.78 is 24.0. The van der Waals surface area contributed by atoms with Gasteiger partial charge in [0.25, 0.3) is 0 Å². The van der Waals surface area contributed by atoms with E-state index in [9.17, 15) is 0 Å². The van der Waals surface area contributed by atoms with Gasteiger partial charge in [0.2, 0.25) is 0 Å². The van der Waals surface area contributed by atoms with Gasteiger partial charge < -0.3 is 0 Å². The van der Waals surface area contributed by atoms with Crippen LogP contribution in [-0.2, 0) is 59.6 Å². The summed E-state index contributed by atoms with van der Waals surface area (Å²) in [7, 11) is 0. The molecule has 0 aromatic heterocycles. The molecular formula is CrCuMnO3. The van der Waals surface area contributed by atoms with Gasteiger partial charge in [0.15, 0.2) is 0 Å². The van der Waals surface area contributed by atoms with E-state index in [1.54, 1.807) is 15.9 Å². The average Bonchev–Trinajstić information content (AvgIpc) is 1.81. The zero-order valence-corrected chi connectivity index (χ0v) is 5.71. The number of hydrogen-bond donors (Lipinski definition) is 0. The van der Waals surface area contributed by atoms with Gasteiger partial charge in [0.1, 0.15) is 0 Å². The third-order valence-corrected chi connectivity index (χ3v) is 0. The first-order chi connectivity index (χ1) is 3.00. The second kappa shape index (κ2) is 156. The van der Waals surface area contributed by atoms with E-state index >= 15 is 0 Å². The maximum absolute atomic E-state index is 8.12. The molecule has 0 atom stereocenters. The topological polar surface area (TPSA) is 51.2 Å². The Morgan fingerprint density at radius 1 is 1.17 bits per heavy atom. The normalized spacial score (nSPS) is 2.33. The van der Waals surface area contributed by atoms with Gasteiger partial charge in [0.05, 0.1) is 0 Å². The van der Waals surface area contributed by atoms with E-state index < -0.39 is 0 Å². The Bertz CT molecular complexity index is 15.5. The first kappa shape index (κ1) is 15.8. The van der Waals surface area contributed by atoms with E-state index in [4.69, 9.17) is 11.5 Å². The van der Waals surface area contributed by atoms with Crippen LogP contribution in [0.3, 0.4) is 0 Å². The van der Waals surface area contributed by atoms with Crippen molar-refractivity contribution >= 4 is 0 Å². The third kappa shape index (κ3) is 83.1. The second-order valence-electron chi connectivity index (χ2n) is 0. The molecule has 0 rings (SSSR count). The summed E-state index contributed by atoms with van der Waals surface area (Å²) >= 11 is 6.00. The van der Waals surface area contributed by atoms with E-state index in [1.165, 1.54) is 16.2 Å². The zero-order valence-electron chi connectivity index (χ0n) is 2.31. The fraction of sp³-hybridized carbons (Fsp3) is 0. The standard InChI is InChI=1S/Cr.Cu.Mn.3O. The fourth-order valence-electron chi connectivity index (χ4n) is 0. The third-order valence-electron chi connectivity index (χ3n) is 0. The number of rotatable bonds is 0. The van der Waals surface area contributed by atoms with Crippen molar-refractivity contribution in [1.82, 2.24) is 0 Å². The van der Waals surface area contributed by atoms with Gasteiger partial charge in [0, 0.05) is 0 Å². The molecule has 0 aromatic carbocycles. The van der Waals surface area contributed by atoms with E-state index in [2.05, 4.69) is 15.9 Å². The summed E-state index contributed by atoms with van der Waals surface area (Å²) in [5.74, 6) is 0. The van der Waals surface area contributed by atoms with Crippen molar-refractivity contribution in [3.63, 3.8) is 0 Å². The molecule has 0 saturated carbocycles. The van der Waals surface area contributed by atoms with Crippen molar-refractivity contribution < 1.29 is 59.6 Å². The van der Waals surface area contributed by atoms with Crippen LogP contribution in [0.4, 0.5) is 0 Å². The van der Waals surface area contributed by atoms with Crippen molar-refractivity contribution in [1.29, 1.82) is 0 Å². The van der Waals surface area contributed by atoms with E-state index in [-0.39, 0.29) is 0 Å². The summed E-state index contributed by atoms with van der Waals surface area (Å²) in [5.41, 5.74) is 0. The molecule has 0 bridgehead atoms. The van der Waals surface area contributed by atoms with Gasteiger partial charge in [-0.05, 0) is 0 Å². The molecule has 0 N–H and O–H groups in total. The van der Waals surface area contributed by atoms with Gasteiger partial charge in [-0.1, -0.05) is 0 Å². The fourth-order valence-corrected chi connectivity index (χ4v) is 0. The molecule has 0 unspecified atom stereocenters. The minimum absolute atomic E-state index is 1.38. The molecule has 42 valence electrons. The van der Waals surface area contributed by atoms with Crippen LogP contribution in [0.1, 0.15) is 0 Å². The molecule has 0 aliphatic carbocycles. The van der Waals surface area contributed by atoms with Gasteiger partial charge in [-0.2, -0.15) is 0 Å². The van der Waals surface area contributed by atoms with Crippen molar-refractivity contribution in [2.75, 3.05) is 0 Å². The molecule has 0 heterocycles. The van der Waals surface area contributed by atoms with Gasteiger partial charge >= 0.3 is 59.6 Å². The molecule has 0 amide bonds. The number of hydrogen-bond acceptors (Lipinski definition) is 3. The average molecular weight is 218 g/mol. The first-order valence-electron chi connectivity index (χ1n) is 0.444. The van der Waals surface area contributed by atoms with Gasteiger partial charge in [-0.15, -0.1) is 0 Å². The Hall–Kier alpha value is 0.971. The maximum atomic E-state index is 8.12. The predicted octanol–water partition coefficient (Wildman–Crippen LogP) is -0.364. The summed E-state index contributed by atoms with van der Waals surface area (Å²) in [6.07, 6.45) is 0. The Labute approximate surface area is 59.5 Å². The molecule has 0 aliphatic heterocycles. The van der Waals surface area contributed by atoms with Crippen LogP contribution in [0.5, 0.6) is 0 Å². The summed E-state index contributed by atoms with van der Waals surface area (Å²) in [4.78, 5) is 0. The predicted molar refractivity (Wildman–Crippen MR) is 2.06 cm³/mol. The Morgan fingerprint density at radius 2 is 1.17 bits per heavy atom. The van der Waals surface area contributed by atoms with Crippen molar-refractivity contribution in [3.8, 4) is 0 Å². The Balaban J connectivity index is -0.0000000225. The molecular weight excluding hydrogens is 218 g/mol. The van der Waals surface area contributed by atoms with Crippen LogP contribution in [0.2, 0.25) is 0 Å². The summed E-state index contributed by atoms with van der Waals surface area (Å²) in [6, 6.07) is 0. The Kier molecular flexibility index (Phi) is 411. The monoisotopic (exact) mass is 218 g/mol. The van der Waals surface area contributed by atoms with Crippen LogP contribution in [-0.4, -0.2) is 0 Å². The second-order valence-corrected chi connectivity index (χ2v) is 0. The van der Waals surface area contributed by atoms with Gasteiger partial charge in [-0.3, -0.25) is 0 Å². The van der Waals surface area contributed by atoms with Crippen molar-refractivity contribution in [2.45, 2.75) is 0 Å². The van der Waals surface area contributed by atoms with E-state index in [0.29, 0.717) is 0 Å². The van der Waals surface area contributed by atoms with Crippen LogP contribution in [0, 0.1) is 0 Å². The van der Waals surface area contributed by atoms with E-state index in [1.807, 2.05) is 0 Å².